The van der Waals surface area contributed by atoms with Crippen molar-refractivity contribution in [2.75, 3.05) is 5.32 Å². The number of hydrogen-bond acceptors (Lipinski definition) is 2. The van der Waals surface area contributed by atoms with E-state index in [4.69, 9.17) is 27.9 Å². The van der Waals surface area contributed by atoms with Crippen molar-refractivity contribution in [3.05, 3.63) is 93.5 Å². The molecule has 0 fully saturated rings. The van der Waals surface area contributed by atoms with Gasteiger partial charge in [-0.3, -0.25) is 4.79 Å². The molecule has 1 amide bonds. The van der Waals surface area contributed by atoms with E-state index in [0.717, 1.165) is 23.2 Å². The van der Waals surface area contributed by atoms with E-state index in [2.05, 4.69) is 24.4 Å². The van der Waals surface area contributed by atoms with Crippen LogP contribution in [-0.2, 0) is 23.2 Å². The summed E-state index contributed by atoms with van der Waals surface area (Å²) in [5.41, 5.74) is 3.25. The maximum Gasteiger partial charge on any atom is 0.228 e. The zero-order valence-electron chi connectivity index (χ0n) is 18.8. The van der Waals surface area contributed by atoms with Gasteiger partial charge in [0, 0.05) is 21.3 Å². The summed E-state index contributed by atoms with van der Waals surface area (Å²) in [6.45, 7) is 6.09. The van der Waals surface area contributed by atoms with Crippen LogP contribution >= 0.6 is 23.2 Å². The standard InChI is InChI=1S/C27H29Cl2NO2/c1-4-5-6-19-7-9-20(10-8-19)17-26(31)30-22-12-14-23(15-13-22)32-27(2,3)24-16-11-21(28)18-25(24)29/h7-16,18H,4-6,17H2,1-3H3,(H,30,31). The number of hydrogen-bond donors (Lipinski definition) is 1. The number of rotatable bonds is 9. The van der Waals surface area contributed by atoms with Crippen molar-refractivity contribution in [2.45, 2.75) is 52.1 Å². The molecule has 3 rings (SSSR count). The summed E-state index contributed by atoms with van der Waals surface area (Å²) in [5, 5.41) is 4.09. The van der Waals surface area contributed by atoms with Crippen molar-refractivity contribution in [1.29, 1.82) is 0 Å². The molecule has 0 aliphatic rings. The van der Waals surface area contributed by atoms with Crippen LogP contribution < -0.4 is 10.1 Å². The van der Waals surface area contributed by atoms with Crippen molar-refractivity contribution in [3.8, 4) is 5.75 Å². The van der Waals surface area contributed by atoms with Crippen molar-refractivity contribution in [2.24, 2.45) is 0 Å². The highest BCUT2D eigenvalue weighted by Gasteiger charge is 2.25. The van der Waals surface area contributed by atoms with Crippen LogP contribution in [0.25, 0.3) is 0 Å². The van der Waals surface area contributed by atoms with Crippen LogP contribution in [0.2, 0.25) is 10.0 Å². The van der Waals surface area contributed by atoms with Crippen molar-refractivity contribution in [1.82, 2.24) is 0 Å². The predicted molar refractivity (Wildman–Crippen MR) is 134 cm³/mol. The monoisotopic (exact) mass is 469 g/mol. The Hall–Kier alpha value is -2.49. The van der Waals surface area contributed by atoms with Gasteiger partial charge in [-0.05, 0) is 74.2 Å². The number of amides is 1. The first-order valence-electron chi connectivity index (χ1n) is 10.9. The third-order valence-electron chi connectivity index (χ3n) is 5.30. The molecule has 0 saturated heterocycles. The summed E-state index contributed by atoms with van der Waals surface area (Å²) >= 11 is 12.4. The Bertz CT molecular complexity index is 1040. The molecule has 0 aliphatic heterocycles. The number of nitrogens with one attached hydrogen (secondary N) is 1. The number of unbranched alkanes of at least 4 members (excludes halogenated alkanes) is 1. The molecule has 0 aromatic heterocycles. The fourth-order valence-corrected chi connectivity index (χ4v) is 4.16. The molecule has 0 heterocycles. The molecule has 3 nitrogen and oxygen atoms in total. The number of ether oxygens (including phenoxy) is 1. The fourth-order valence-electron chi connectivity index (χ4n) is 3.53. The van der Waals surface area contributed by atoms with E-state index in [9.17, 15) is 4.79 Å². The Labute approximate surface area is 200 Å². The Morgan fingerprint density at radius 3 is 2.22 bits per heavy atom. The predicted octanol–water partition coefficient (Wildman–Crippen LogP) is 7.83. The molecule has 0 aliphatic carbocycles. The lowest BCUT2D eigenvalue weighted by atomic mass is 9.98. The minimum absolute atomic E-state index is 0.0479. The minimum Gasteiger partial charge on any atom is -0.483 e. The van der Waals surface area contributed by atoms with E-state index in [1.54, 1.807) is 12.1 Å². The summed E-state index contributed by atoms with van der Waals surface area (Å²) in [5.74, 6) is 0.634. The fraction of sp³-hybridized carbons (Fsp3) is 0.296. The Morgan fingerprint density at radius 2 is 1.59 bits per heavy atom. The second-order valence-corrected chi connectivity index (χ2v) is 9.25. The van der Waals surface area contributed by atoms with Crippen LogP contribution in [0.4, 0.5) is 5.69 Å². The number of halogens is 2. The molecule has 32 heavy (non-hydrogen) atoms. The average Bonchev–Trinajstić information content (AvgIpc) is 2.74. The number of carbonyl (C=O) groups is 1. The lowest BCUT2D eigenvalue weighted by Crippen LogP contribution is -2.25. The molecule has 0 radical (unpaired) electrons. The highest BCUT2D eigenvalue weighted by atomic mass is 35.5. The van der Waals surface area contributed by atoms with Gasteiger partial charge in [0.2, 0.25) is 5.91 Å². The first-order valence-corrected chi connectivity index (χ1v) is 11.6. The summed E-state index contributed by atoms with van der Waals surface area (Å²) < 4.78 is 6.16. The third-order valence-corrected chi connectivity index (χ3v) is 5.85. The zero-order chi connectivity index (χ0) is 23.1. The Morgan fingerprint density at radius 1 is 0.938 bits per heavy atom. The summed E-state index contributed by atoms with van der Waals surface area (Å²) in [6.07, 6.45) is 3.79. The lowest BCUT2D eigenvalue weighted by Gasteiger charge is -2.28. The van der Waals surface area contributed by atoms with Gasteiger partial charge < -0.3 is 10.1 Å². The van der Waals surface area contributed by atoms with Gasteiger partial charge in [0.15, 0.2) is 0 Å². The quantitative estimate of drug-likeness (QED) is 0.346. The molecule has 0 bridgehead atoms. The van der Waals surface area contributed by atoms with Crippen LogP contribution in [0.15, 0.2) is 66.7 Å². The van der Waals surface area contributed by atoms with E-state index >= 15 is 0 Å². The summed E-state index contributed by atoms with van der Waals surface area (Å²) in [4.78, 5) is 12.4. The van der Waals surface area contributed by atoms with Crippen LogP contribution in [-0.4, -0.2) is 5.91 Å². The van der Waals surface area contributed by atoms with Gasteiger partial charge in [-0.15, -0.1) is 0 Å². The second kappa shape index (κ2) is 10.9. The molecular formula is C27H29Cl2NO2. The number of carbonyl (C=O) groups excluding carboxylic acids is 1. The van der Waals surface area contributed by atoms with Gasteiger partial charge in [-0.1, -0.05) is 66.9 Å². The van der Waals surface area contributed by atoms with E-state index in [0.29, 0.717) is 22.2 Å². The van der Waals surface area contributed by atoms with Crippen LogP contribution in [0.5, 0.6) is 5.75 Å². The third kappa shape index (κ3) is 6.75. The molecular weight excluding hydrogens is 441 g/mol. The first kappa shape index (κ1) is 24.2. The molecule has 1 N–H and O–H groups in total. The second-order valence-electron chi connectivity index (χ2n) is 8.41. The Kier molecular flexibility index (Phi) is 8.22. The first-order chi connectivity index (χ1) is 15.3. The SMILES string of the molecule is CCCCc1ccc(CC(=O)Nc2ccc(OC(C)(C)c3ccc(Cl)cc3Cl)cc2)cc1. The highest BCUT2D eigenvalue weighted by Crippen LogP contribution is 2.34. The normalized spacial score (nSPS) is 11.3. The minimum atomic E-state index is -0.643. The molecule has 0 unspecified atom stereocenters. The maximum absolute atomic E-state index is 12.4. The van der Waals surface area contributed by atoms with Gasteiger partial charge in [-0.25, -0.2) is 0 Å². The van der Waals surface area contributed by atoms with Gasteiger partial charge in [0.25, 0.3) is 0 Å². The molecule has 3 aromatic carbocycles. The van der Waals surface area contributed by atoms with Crippen molar-refractivity contribution >= 4 is 34.8 Å². The van der Waals surface area contributed by atoms with Crippen molar-refractivity contribution < 1.29 is 9.53 Å². The topological polar surface area (TPSA) is 38.3 Å². The van der Waals surface area contributed by atoms with Crippen molar-refractivity contribution in [3.63, 3.8) is 0 Å². The largest absolute Gasteiger partial charge is 0.483 e. The van der Waals surface area contributed by atoms with Gasteiger partial charge in [0.05, 0.1) is 6.42 Å². The summed E-state index contributed by atoms with van der Waals surface area (Å²) in [6, 6.07) is 21.0. The summed E-state index contributed by atoms with van der Waals surface area (Å²) in [7, 11) is 0. The molecule has 168 valence electrons. The van der Waals surface area contributed by atoms with Gasteiger partial charge in [-0.2, -0.15) is 0 Å². The van der Waals surface area contributed by atoms with Crippen LogP contribution in [0.1, 0.15) is 50.3 Å². The maximum atomic E-state index is 12.4. The molecule has 0 spiro atoms. The van der Waals surface area contributed by atoms with Gasteiger partial charge >= 0.3 is 0 Å². The molecule has 0 atom stereocenters. The average molecular weight is 470 g/mol. The van der Waals surface area contributed by atoms with E-state index < -0.39 is 5.60 Å². The Balaban J connectivity index is 1.57. The van der Waals surface area contributed by atoms with Crippen LogP contribution in [0, 0.1) is 0 Å². The molecule has 0 saturated carbocycles. The zero-order valence-corrected chi connectivity index (χ0v) is 20.3. The number of anilines is 1. The lowest BCUT2D eigenvalue weighted by molar-refractivity contribution is -0.115. The smallest absolute Gasteiger partial charge is 0.228 e. The van der Waals surface area contributed by atoms with E-state index in [-0.39, 0.29) is 5.91 Å². The number of benzene rings is 3. The van der Waals surface area contributed by atoms with Crippen LogP contribution in [0.3, 0.4) is 0 Å². The molecule has 5 heteroatoms. The molecule has 3 aromatic rings. The highest BCUT2D eigenvalue weighted by molar-refractivity contribution is 6.35. The van der Waals surface area contributed by atoms with E-state index in [1.165, 1.54) is 18.4 Å². The van der Waals surface area contributed by atoms with E-state index in [1.807, 2.05) is 56.3 Å². The van der Waals surface area contributed by atoms with Gasteiger partial charge in [0.1, 0.15) is 11.4 Å². The number of aryl methyl sites for hydroxylation is 1.